The van der Waals surface area contributed by atoms with Crippen molar-refractivity contribution in [1.82, 2.24) is 4.98 Å². The van der Waals surface area contributed by atoms with Crippen LogP contribution in [0.4, 0.5) is 0 Å². The Kier molecular flexibility index (Phi) is 4.12. The number of hydrogen-bond acceptors (Lipinski definition) is 4. The molecule has 2 aromatic rings. The molecule has 0 unspecified atom stereocenters. The summed E-state index contributed by atoms with van der Waals surface area (Å²) in [6.07, 6.45) is 2.26. The van der Waals surface area contributed by atoms with Crippen LogP contribution in [-0.2, 0) is 11.2 Å². The number of carbonyl (C=O) groups is 1. The third kappa shape index (κ3) is 3.28. The first kappa shape index (κ1) is 12.1. The summed E-state index contributed by atoms with van der Waals surface area (Å²) in [6, 6.07) is 7.24. The molecule has 88 valence electrons. The second kappa shape index (κ2) is 5.80. The van der Waals surface area contributed by atoms with Crippen molar-refractivity contribution >= 4 is 28.9 Å². The van der Waals surface area contributed by atoms with E-state index in [1.807, 2.05) is 17.5 Å². The predicted octanol–water partition coefficient (Wildman–Crippen LogP) is 3.20. The summed E-state index contributed by atoms with van der Waals surface area (Å²) in [6.45, 7) is 0.352. The highest BCUT2D eigenvalue weighted by molar-refractivity contribution is 7.09. The minimum Gasteiger partial charge on any atom is -0.462 e. The third-order valence-electron chi connectivity index (χ3n) is 2.14. The molecular weight excluding hydrogens is 258 g/mol. The van der Waals surface area contributed by atoms with Crippen LogP contribution >= 0.6 is 22.9 Å². The fraction of sp³-hybridized carbons (Fsp3) is 0.167. The van der Waals surface area contributed by atoms with Gasteiger partial charge in [0.1, 0.15) is 5.15 Å². The number of pyridine rings is 1. The van der Waals surface area contributed by atoms with Gasteiger partial charge in [-0.05, 0) is 23.6 Å². The molecule has 0 bridgehead atoms. The van der Waals surface area contributed by atoms with Gasteiger partial charge < -0.3 is 4.74 Å². The van der Waals surface area contributed by atoms with E-state index in [9.17, 15) is 4.79 Å². The SMILES string of the molecule is O=C(OCCc1cccs1)c1cccnc1Cl. The Morgan fingerprint density at radius 1 is 1.41 bits per heavy atom. The first-order valence-corrected chi connectivity index (χ1v) is 6.33. The molecule has 0 radical (unpaired) electrons. The maximum absolute atomic E-state index is 11.7. The number of carbonyl (C=O) groups excluding carboxylic acids is 1. The van der Waals surface area contributed by atoms with Gasteiger partial charge >= 0.3 is 5.97 Å². The zero-order chi connectivity index (χ0) is 12.1. The lowest BCUT2D eigenvalue weighted by Crippen LogP contribution is -2.08. The van der Waals surface area contributed by atoms with Crippen LogP contribution in [0.15, 0.2) is 35.8 Å². The standard InChI is InChI=1S/C12H10ClNO2S/c13-11-10(4-1-6-14-11)12(15)16-7-5-9-3-2-8-17-9/h1-4,6,8H,5,7H2. The topological polar surface area (TPSA) is 39.2 Å². The monoisotopic (exact) mass is 267 g/mol. The Hall–Kier alpha value is -1.39. The molecule has 3 nitrogen and oxygen atoms in total. The van der Waals surface area contributed by atoms with Gasteiger partial charge in [0.05, 0.1) is 12.2 Å². The molecule has 0 saturated heterocycles. The van der Waals surface area contributed by atoms with Crippen molar-refractivity contribution in [3.05, 3.63) is 51.4 Å². The first-order valence-electron chi connectivity index (χ1n) is 5.07. The molecule has 0 aromatic carbocycles. The number of hydrogen-bond donors (Lipinski definition) is 0. The second-order valence-electron chi connectivity index (χ2n) is 3.31. The molecule has 2 heterocycles. The molecule has 2 rings (SSSR count). The van der Waals surface area contributed by atoms with E-state index in [1.54, 1.807) is 23.5 Å². The Morgan fingerprint density at radius 3 is 3.00 bits per heavy atom. The third-order valence-corrected chi connectivity index (χ3v) is 3.38. The van der Waals surface area contributed by atoms with Gasteiger partial charge in [0, 0.05) is 17.5 Å². The number of thiophene rings is 1. The first-order chi connectivity index (χ1) is 8.27. The van der Waals surface area contributed by atoms with Crippen LogP contribution in [0, 0.1) is 0 Å². The largest absolute Gasteiger partial charge is 0.462 e. The van der Waals surface area contributed by atoms with E-state index in [2.05, 4.69) is 4.98 Å². The Morgan fingerprint density at radius 2 is 2.29 bits per heavy atom. The number of rotatable bonds is 4. The average molecular weight is 268 g/mol. The number of ether oxygens (including phenoxy) is 1. The van der Waals surface area contributed by atoms with Gasteiger partial charge in [-0.1, -0.05) is 17.7 Å². The molecule has 0 aliphatic rings. The van der Waals surface area contributed by atoms with Crippen molar-refractivity contribution < 1.29 is 9.53 Å². The van der Waals surface area contributed by atoms with Gasteiger partial charge in [-0.3, -0.25) is 0 Å². The van der Waals surface area contributed by atoms with E-state index < -0.39 is 5.97 Å². The molecule has 0 amide bonds. The van der Waals surface area contributed by atoms with E-state index >= 15 is 0 Å². The van der Waals surface area contributed by atoms with Gasteiger partial charge in [-0.25, -0.2) is 9.78 Å². The van der Waals surface area contributed by atoms with Crippen molar-refractivity contribution in [1.29, 1.82) is 0 Å². The number of nitrogens with zero attached hydrogens (tertiary/aromatic N) is 1. The molecule has 17 heavy (non-hydrogen) atoms. The van der Waals surface area contributed by atoms with Crippen LogP contribution in [0.1, 0.15) is 15.2 Å². The molecule has 0 atom stereocenters. The molecular formula is C12H10ClNO2S. The summed E-state index contributed by atoms with van der Waals surface area (Å²) < 4.78 is 5.13. The molecule has 0 saturated carbocycles. The fourth-order valence-electron chi connectivity index (χ4n) is 1.32. The summed E-state index contributed by atoms with van der Waals surface area (Å²) in [5, 5.41) is 2.17. The lowest BCUT2D eigenvalue weighted by Gasteiger charge is -2.04. The van der Waals surface area contributed by atoms with Gasteiger partial charge in [0.15, 0.2) is 0 Å². The fourth-order valence-corrected chi connectivity index (χ4v) is 2.20. The zero-order valence-electron chi connectivity index (χ0n) is 8.93. The second-order valence-corrected chi connectivity index (χ2v) is 4.70. The van der Waals surface area contributed by atoms with E-state index in [-0.39, 0.29) is 5.15 Å². The van der Waals surface area contributed by atoms with Crippen LogP contribution < -0.4 is 0 Å². The van der Waals surface area contributed by atoms with Crippen molar-refractivity contribution in [2.75, 3.05) is 6.61 Å². The van der Waals surface area contributed by atoms with Gasteiger partial charge in [0.2, 0.25) is 0 Å². The quantitative estimate of drug-likeness (QED) is 0.631. The Bertz CT molecular complexity index is 499. The molecule has 0 N–H and O–H groups in total. The lowest BCUT2D eigenvalue weighted by atomic mass is 10.3. The normalized spacial score (nSPS) is 10.2. The van der Waals surface area contributed by atoms with Crippen molar-refractivity contribution in [3.63, 3.8) is 0 Å². The molecule has 0 aliphatic heterocycles. The summed E-state index contributed by atoms with van der Waals surface area (Å²) in [5.41, 5.74) is 0.306. The van der Waals surface area contributed by atoms with E-state index in [0.717, 1.165) is 6.42 Å². The number of esters is 1. The zero-order valence-corrected chi connectivity index (χ0v) is 10.5. The van der Waals surface area contributed by atoms with Crippen molar-refractivity contribution in [2.45, 2.75) is 6.42 Å². The lowest BCUT2D eigenvalue weighted by molar-refractivity contribution is 0.0509. The van der Waals surface area contributed by atoms with Crippen LogP contribution in [0.2, 0.25) is 5.15 Å². The minimum atomic E-state index is -0.431. The smallest absolute Gasteiger partial charge is 0.341 e. The highest BCUT2D eigenvalue weighted by atomic mass is 35.5. The van der Waals surface area contributed by atoms with Crippen LogP contribution in [0.25, 0.3) is 0 Å². The van der Waals surface area contributed by atoms with E-state index in [4.69, 9.17) is 16.3 Å². The maximum Gasteiger partial charge on any atom is 0.341 e. The van der Waals surface area contributed by atoms with Crippen LogP contribution in [-0.4, -0.2) is 17.6 Å². The predicted molar refractivity (Wildman–Crippen MR) is 67.6 cm³/mol. The highest BCUT2D eigenvalue weighted by Crippen LogP contribution is 2.13. The minimum absolute atomic E-state index is 0.175. The number of aromatic nitrogens is 1. The summed E-state index contributed by atoms with van der Waals surface area (Å²) in [4.78, 5) is 16.7. The Labute approximate surface area is 108 Å². The maximum atomic E-state index is 11.7. The van der Waals surface area contributed by atoms with Gasteiger partial charge in [-0.15, -0.1) is 11.3 Å². The van der Waals surface area contributed by atoms with Gasteiger partial charge in [-0.2, -0.15) is 0 Å². The van der Waals surface area contributed by atoms with E-state index in [1.165, 1.54) is 11.1 Å². The highest BCUT2D eigenvalue weighted by Gasteiger charge is 2.11. The Balaban J connectivity index is 1.88. The van der Waals surface area contributed by atoms with Crippen LogP contribution in [0.5, 0.6) is 0 Å². The van der Waals surface area contributed by atoms with Gasteiger partial charge in [0.25, 0.3) is 0 Å². The summed E-state index contributed by atoms with van der Waals surface area (Å²) in [5.74, 6) is -0.431. The van der Waals surface area contributed by atoms with Crippen molar-refractivity contribution in [2.24, 2.45) is 0 Å². The van der Waals surface area contributed by atoms with E-state index in [0.29, 0.717) is 12.2 Å². The average Bonchev–Trinajstić information content (AvgIpc) is 2.82. The molecule has 0 fully saturated rings. The summed E-state index contributed by atoms with van der Waals surface area (Å²) in [7, 11) is 0. The number of halogens is 1. The molecule has 2 aromatic heterocycles. The van der Waals surface area contributed by atoms with Crippen LogP contribution in [0.3, 0.4) is 0 Å². The molecule has 5 heteroatoms. The molecule has 0 spiro atoms. The molecule has 0 aliphatic carbocycles. The van der Waals surface area contributed by atoms with Crippen molar-refractivity contribution in [3.8, 4) is 0 Å². The summed E-state index contributed by atoms with van der Waals surface area (Å²) >= 11 is 7.43.